The highest BCUT2D eigenvalue weighted by Gasteiger charge is 2.47. The van der Waals surface area contributed by atoms with E-state index in [1.54, 1.807) is 6.20 Å². The first-order valence-corrected chi connectivity index (χ1v) is 8.94. The number of nitrogens with zero attached hydrogens (tertiary/aromatic N) is 2. The van der Waals surface area contributed by atoms with Gasteiger partial charge in [0.25, 0.3) is 0 Å². The van der Waals surface area contributed by atoms with Crippen molar-refractivity contribution in [1.82, 2.24) is 4.90 Å². The van der Waals surface area contributed by atoms with Crippen LogP contribution in [0.15, 0.2) is 30.5 Å². The fourth-order valence-corrected chi connectivity index (χ4v) is 3.43. The minimum atomic E-state index is -1.25. The summed E-state index contributed by atoms with van der Waals surface area (Å²) >= 11 is 12.5. The number of rotatable bonds is 4. The predicted octanol–water partition coefficient (Wildman–Crippen LogP) is 3.93. The van der Waals surface area contributed by atoms with Crippen molar-refractivity contribution in [1.29, 1.82) is 5.26 Å². The summed E-state index contributed by atoms with van der Waals surface area (Å²) in [5, 5.41) is 9.93. The molecular weight excluding hydrogens is 336 g/mol. The third-order valence-electron chi connectivity index (χ3n) is 3.55. The molecule has 114 valence electrons. The standard InChI is InChI=1S/C16H15ClN2OS2/c1-22-15(21)16(11-18)13-6-3-2-5-12(13)8-10-19(16)14(20)7-4-9-17/h2-3,5-6,8,10H,4,7,9H2,1H3. The summed E-state index contributed by atoms with van der Waals surface area (Å²) in [6.07, 6.45) is 6.18. The molecule has 1 aliphatic rings. The lowest BCUT2D eigenvalue weighted by Gasteiger charge is -2.40. The summed E-state index contributed by atoms with van der Waals surface area (Å²) in [5.41, 5.74) is 0.407. The van der Waals surface area contributed by atoms with Crippen molar-refractivity contribution < 1.29 is 4.79 Å². The van der Waals surface area contributed by atoms with Crippen LogP contribution < -0.4 is 0 Å². The molecule has 0 N–H and O–H groups in total. The molecular formula is C16H15ClN2OS2. The Kier molecular flexibility index (Phi) is 5.63. The van der Waals surface area contributed by atoms with E-state index in [-0.39, 0.29) is 12.3 Å². The zero-order valence-corrected chi connectivity index (χ0v) is 14.5. The Balaban J connectivity index is 2.58. The van der Waals surface area contributed by atoms with E-state index in [9.17, 15) is 10.1 Å². The zero-order chi connectivity index (χ0) is 16.2. The highest BCUT2D eigenvalue weighted by atomic mass is 35.5. The van der Waals surface area contributed by atoms with Crippen molar-refractivity contribution in [3.05, 3.63) is 41.6 Å². The highest BCUT2D eigenvalue weighted by molar-refractivity contribution is 8.22. The van der Waals surface area contributed by atoms with Gasteiger partial charge in [0, 0.05) is 24.1 Å². The number of thioether (sulfide) groups is 1. The van der Waals surface area contributed by atoms with Gasteiger partial charge in [-0.2, -0.15) is 5.26 Å². The smallest absolute Gasteiger partial charge is 0.228 e. The van der Waals surface area contributed by atoms with E-state index < -0.39 is 5.54 Å². The van der Waals surface area contributed by atoms with E-state index in [1.807, 2.05) is 36.6 Å². The SMILES string of the molecule is CSC(=S)C1(C#N)c2ccccc2C=CN1C(=O)CCCCl. The number of fused-ring (bicyclic) bond motifs is 1. The van der Waals surface area contributed by atoms with Gasteiger partial charge >= 0.3 is 0 Å². The Hall–Kier alpha value is -1.35. The number of carbonyl (C=O) groups excluding carboxylic acids is 1. The van der Waals surface area contributed by atoms with Crippen LogP contribution in [0.2, 0.25) is 0 Å². The molecule has 1 aromatic carbocycles. The number of thiocarbonyl (C=S) groups is 1. The van der Waals surface area contributed by atoms with Crippen molar-refractivity contribution in [2.45, 2.75) is 18.4 Å². The summed E-state index contributed by atoms with van der Waals surface area (Å²) in [5.74, 6) is 0.260. The van der Waals surface area contributed by atoms with Gasteiger partial charge in [0.05, 0.1) is 4.20 Å². The number of hydrogen-bond acceptors (Lipinski definition) is 4. The van der Waals surface area contributed by atoms with Gasteiger partial charge in [-0.3, -0.25) is 9.69 Å². The molecule has 1 aliphatic heterocycles. The maximum atomic E-state index is 12.6. The summed E-state index contributed by atoms with van der Waals surface area (Å²) in [4.78, 5) is 14.0. The Morgan fingerprint density at radius 3 is 2.86 bits per heavy atom. The first-order valence-electron chi connectivity index (χ1n) is 6.77. The van der Waals surface area contributed by atoms with Crippen LogP contribution >= 0.6 is 35.6 Å². The highest BCUT2D eigenvalue weighted by Crippen LogP contribution is 2.40. The number of alkyl halides is 1. The van der Waals surface area contributed by atoms with Crippen LogP contribution in [0.5, 0.6) is 0 Å². The van der Waals surface area contributed by atoms with Gasteiger partial charge < -0.3 is 0 Å². The quantitative estimate of drug-likeness (QED) is 0.609. The van der Waals surface area contributed by atoms with E-state index in [0.717, 1.165) is 11.1 Å². The topological polar surface area (TPSA) is 44.1 Å². The third-order valence-corrected chi connectivity index (χ3v) is 5.28. The lowest BCUT2D eigenvalue weighted by Crippen LogP contribution is -2.51. The molecule has 1 unspecified atom stereocenters. The van der Waals surface area contributed by atoms with Crippen molar-refractivity contribution >= 4 is 51.8 Å². The van der Waals surface area contributed by atoms with Crippen LogP contribution in [0.3, 0.4) is 0 Å². The van der Waals surface area contributed by atoms with Crippen molar-refractivity contribution in [2.75, 3.05) is 12.1 Å². The maximum Gasteiger partial charge on any atom is 0.228 e. The van der Waals surface area contributed by atoms with E-state index in [0.29, 0.717) is 16.5 Å². The van der Waals surface area contributed by atoms with Crippen LogP contribution in [0.1, 0.15) is 24.0 Å². The zero-order valence-electron chi connectivity index (χ0n) is 12.1. The fourth-order valence-electron chi connectivity index (χ4n) is 2.49. The molecule has 0 saturated heterocycles. The Bertz CT molecular complexity index is 668. The van der Waals surface area contributed by atoms with Gasteiger partial charge in [0.2, 0.25) is 11.4 Å². The number of carbonyl (C=O) groups is 1. The van der Waals surface area contributed by atoms with Gasteiger partial charge in [-0.1, -0.05) is 36.5 Å². The van der Waals surface area contributed by atoms with Gasteiger partial charge in [-0.05, 0) is 24.3 Å². The van der Waals surface area contributed by atoms with Crippen molar-refractivity contribution in [2.24, 2.45) is 0 Å². The molecule has 6 heteroatoms. The molecule has 0 saturated carbocycles. The Labute approximate surface area is 144 Å². The van der Waals surface area contributed by atoms with Gasteiger partial charge in [-0.25, -0.2) is 0 Å². The van der Waals surface area contributed by atoms with Crippen LogP contribution in [0.25, 0.3) is 6.08 Å². The lowest BCUT2D eigenvalue weighted by molar-refractivity contribution is -0.130. The summed E-state index contributed by atoms with van der Waals surface area (Å²) in [7, 11) is 0. The van der Waals surface area contributed by atoms with Crippen LogP contribution in [-0.2, 0) is 10.3 Å². The minimum absolute atomic E-state index is 0.149. The Morgan fingerprint density at radius 1 is 1.50 bits per heavy atom. The van der Waals surface area contributed by atoms with Gasteiger partial charge in [0.15, 0.2) is 0 Å². The average molecular weight is 351 g/mol. The summed E-state index contributed by atoms with van der Waals surface area (Å²) in [6, 6.07) is 9.82. The summed E-state index contributed by atoms with van der Waals surface area (Å²) < 4.78 is 0.464. The second-order valence-electron chi connectivity index (χ2n) is 4.77. The molecule has 1 atom stereocenters. The average Bonchev–Trinajstić information content (AvgIpc) is 2.57. The van der Waals surface area contributed by atoms with Crippen LogP contribution in [0.4, 0.5) is 0 Å². The van der Waals surface area contributed by atoms with Crippen molar-refractivity contribution in [3.63, 3.8) is 0 Å². The molecule has 0 radical (unpaired) electrons. The fraction of sp³-hybridized carbons (Fsp3) is 0.312. The molecule has 1 heterocycles. The number of benzene rings is 1. The molecule has 3 nitrogen and oxygen atoms in total. The first kappa shape index (κ1) is 17.0. The van der Waals surface area contributed by atoms with E-state index >= 15 is 0 Å². The van der Waals surface area contributed by atoms with Gasteiger partial charge in [0.1, 0.15) is 6.07 Å². The second-order valence-corrected chi connectivity index (χ2v) is 6.63. The molecule has 0 bridgehead atoms. The molecule has 0 spiro atoms. The number of nitriles is 1. The van der Waals surface area contributed by atoms with E-state index in [1.165, 1.54) is 16.7 Å². The minimum Gasteiger partial charge on any atom is -0.291 e. The molecule has 0 aliphatic carbocycles. The van der Waals surface area contributed by atoms with Gasteiger partial charge in [-0.15, -0.1) is 23.4 Å². The summed E-state index contributed by atoms with van der Waals surface area (Å²) in [6.45, 7) is 0. The third kappa shape index (κ3) is 2.79. The number of amides is 1. The van der Waals surface area contributed by atoms with Crippen molar-refractivity contribution in [3.8, 4) is 6.07 Å². The number of hydrogen-bond donors (Lipinski definition) is 0. The van der Waals surface area contributed by atoms with E-state index in [2.05, 4.69) is 6.07 Å². The normalized spacial score (nSPS) is 19.4. The monoisotopic (exact) mass is 350 g/mol. The van der Waals surface area contributed by atoms with Crippen LogP contribution in [0, 0.1) is 11.3 Å². The van der Waals surface area contributed by atoms with E-state index in [4.69, 9.17) is 23.8 Å². The molecule has 1 amide bonds. The lowest BCUT2D eigenvalue weighted by atomic mass is 9.85. The molecule has 0 fully saturated rings. The predicted molar refractivity (Wildman–Crippen MR) is 95.7 cm³/mol. The second kappa shape index (κ2) is 7.28. The largest absolute Gasteiger partial charge is 0.291 e. The maximum absolute atomic E-state index is 12.6. The molecule has 1 aromatic rings. The first-order chi connectivity index (χ1) is 10.6. The molecule has 2 rings (SSSR count). The Morgan fingerprint density at radius 2 is 2.23 bits per heavy atom. The van der Waals surface area contributed by atoms with Crippen LogP contribution in [-0.4, -0.2) is 27.1 Å². The molecule has 22 heavy (non-hydrogen) atoms. The molecule has 0 aromatic heterocycles. The number of halogens is 1.